The van der Waals surface area contributed by atoms with Crippen molar-refractivity contribution in [3.05, 3.63) is 35.4 Å². The third-order valence-corrected chi connectivity index (χ3v) is 4.83. The van der Waals surface area contributed by atoms with Crippen molar-refractivity contribution in [2.75, 3.05) is 6.54 Å². The van der Waals surface area contributed by atoms with E-state index in [0.717, 1.165) is 6.42 Å². The molecule has 0 saturated heterocycles. The van der Waals surface area contributed by atoms with E-state index in [1.165, 1.54) is 4.90 Å². The van der Waals surface area contributed by atoms with Crippen molar-refractivity contribution in [1.29, 1.82) is 0 Å². The largest absolute Gasteiger partial charge is 0.444 e. The molecule has 0 spiro atoms. The summed E-state index contributed by atoms with van der Waals surface area (Å²) < 4.78 is 5.26. The first-order valence-electron chi connectivity index (χ1n) is 11.7. The third-order valence-electron chi connectivity index (χ3n) is 4.83. The van der Waals surface area contributed by atoms with Gasteiger partial charge in [-0.05, 0) is 52.7 Å². The van der Waals surface area contributed by atoms with Crippen LogP contribution in [0.4, 0.5) is 4.79 Å². The smallest absolute Gasteiger partial charge is 0.408 e. The highest BCUT2D eigenvalue weighted by Crippen LogP contribution is 2.26. The van der Waals surface area contributed by atoms with Gasteiger partial charge in [0.2, 0.25) is 17.7 Å². The van der Waals surface area contributed by atoms with Crippen LogP contribution in [0.15, 0.2) is 24.3 Å². The molecule has 2 unspecified atom stereocenters. The number of nitrogens with two attached hydrogens (primary N) is 1. The molecule has 0 aliphatic carbocycles. The van der Waals surface area contributed by atoms with Gasteiger partial charge in [-0.25, -0.2) is 4.79 Å². The van der Waals surface area contributed by atoms with E-state index in [-0.39, 0.29) is 12.6 Å². The highest BCUT2D eigenvalue weighted by atomic mass is 16.6. The molecule has 1 rings (SSSR count). The number of unbranched alkanes of at least 4 members (excludes halogenated alkanes) is 1. The minimum absolute atomic E-state index is 0.190. The van der Waals surface area contributed by atoms with Crippen LogP contribution in [0.3, 0.4) is 0 Å². The lowest BCUT2D eigenvalue weighted by Crippen LogP contribution is -2.54. The van der Waals surface area contributed by atoms with Gasteiger partial charge in [-0.3, -0.25) is 14.4 Å². The van der Waals surface area contributed by atoms with Crippen molar-refractivity contribution in [2.24, 2.45) is 5.73 Å². The van der Waals surface area contributed by atoms with Crippen molar-refractivity contribution in [3.8, 4) is 12.3 Å². The quantitative estimate of drug-likeness (QED) is 0.414. The van der Waals surface area contributed by atoms with E-state index >= 15 is 0 Å². The Morgan fingerprint density at radius 1 is 1.14 bits per heavy atom. The Bertz CT molecular complexity index is 946. The molecule has 0 fully saturated rings. The molecule has 0 heterocycles. The lowest BCUT2D eigenvalue weighted by molar-refractivity contribution is -0.143. The number of ether oxygens (including phenoxy) is 1. The summed E-state index contributed by atoms with van der Waals surface area (Å²) in [6, 6.07) is 4.24. The molecule has 1 aromatic rings. The molecule has 0 aliphatic heterocycles. The SMILES string of the molecule is C#Cc1ccccc1C(C(=O)NC(C)C)N(CCCC)C(=O)C(CC(N)=O)NC(=O)OC(C)(C)C. The Balaban J connectivity index is 3.55. The molecule has 192 valence electrons. The minimum Gasteiger partial charge on any atom is -0.444 e. The second-order valence-electron chi connectivity index (χ2n) is 9.55. The van der Waals surface area contributed by atoms with Gasteiger partial charge in [-0.2, -0.15) is 0 Å². The molecule has 0 aliphatic rings. The second kappa shape index (κ2) is 13.4. The fourth-order valence-corrected chi connectivity index (χ4v) is 3.43. The first-order chi connectivity index (χ1) is 16.3. The Morgan fingerprint density at radius 2 is 1.77 bits per heavy atom. The number of hydrogen-bond donors (Lipinski definition) is 3. The normalized spacial score (nSPS) is 12.7. The van der Waals surface area contributed by atoms with Gasteiger partial charge < -0.3 is 26.0 Å². The fraction of sp³-hybridized carbons (Fsp3) is 0.538. The lowest BCUT2D eigenvalue weighted by Gasteiger charge is -2.35. The summed E-state index contributed by atoms with van der Waals surface area (Å²) in [4.78, 5) is 52.8. The van der Waals surface area contributed by atoms with Crippen LogP contribution in [-0.4, -0.2) is 52.9 Å². The van der Waals surface area contributed by atoms with Crippen LogP contribution in [0.5, 0.6) is 0 Å². The van der Waals surface area contributed by atoms with E-state index in [9.17, 15) is 19.2 Å². The molecule has 9 nitrogen and oxygen atoms in total. The topological polar surface area (TPSA) is 131 Å². The maximum atomic E-state index is 13.8. The van der Waals surface area contributed by atoms with Crippen LogP contribution in [0.1, 0.15) is 78.0 Å². The molecular weight excluding hydrogens is 448 g/mol. The summed E-state index contributed by atoms with van der Waals surface area (Å²) in [6.07, 6.45) is 5.67. The van der Waals surface area contributed by atoms with Gasteiger partial charge in [-0.1, -0.05) is 37.5 Å². The number of terminal acetylenes is 1. The number of amides is 4. The number of hydrogen-bond acceptors (Lipinski definition) is 5. The van der Waals surface area contributed by atoms with Crippen LogP contribution in [-0.2, 0) is 19.1 Å². The Labute approximate surface area is 208 Å². The average Bonchev–Trinajstić information content (AvgIpc) is 2.73. The fourth-order valence-electron chi connectivity index (χ4n) is 3.43. The molecule has 4 amide bonds. The number of rotatable bonds is 11. The van der Waals surface area contributed by atoms with E-state index in [0.29, 0.717) is 17.5 Å². The molecule has 0 radical (unpaired) electrons. The molecule has 9 heteroatoms. The van der Waals surface area contributed by atoms with Crippen LogP contribution in [0.25, 0.3) is 0 Å². The Morgan fingerprint density at radius 3 is 2.29 bits per heavy atom. The first-order valence-corrected chi connectivity index (χ1v) is 11.7. The molecule has 0 aromatic heterocycles. The molecule has 2 atom stereocenters. The second-order valence-corrected chi connectivity index (χ2v) is 9.55. The molecule has 0 saturated carbocycles. The standard InChI is InChI=1S/C26H38N4O5/c1-8-10-15-30(24(33)20(16-21(27)31)29-25(34)35-26(5,6)7)22(23(32)28-17(3)4)19-14-12-11-13-18(19)9-2/h2,11-14,17,20,22H,8,10,15-16H2,1,3-7H3,(H2,27,31)(H,28,32)(H,29,34). The first kappa shape index (κ1) is 29.5. The number of benzene rings is 1. The number of alkyl carbamates (subject to hydrolysis) is 1. The van der Waals surface area contributed by atoms with Gasteiger partial charge in [0.15, 0.2) is 0 Å². The van der Waals surface area contributed by atoms with E-state index in [2.05, 4.69) is 16.6 Å². The number of primary amides is 1. The monoisotopic (exact) mass is 486 g/mol. The van der Waals surface area contributed by atoms with Crippen LogP contribution in [0, 0.1) is 12.3 Å². The zero-order chi connectivity index (χ0) is 26.8. The van der Waals surface area contributed by atoms with E-state index < -0.39 is 47.9 Å². The van der Waals surface area contributed by atoms with Gasteiger partial charge in [-0.15, -0.1) is 6.42 Å². The van der Waals surface area contributed by atoms with Gasteiger partial charge in [0.25, 0.3) is 0 Å². The highest BCUT2D eigenvalue weighted by Gasteiger charge is 2.37. The van der Waals surface area contributed by atoms with E-state index in [4.69, 9.17) is 16.9 Å². The molecule has 0 bridgehead atoms. The minimum atomic E-state index is -1.33. The van der Waals surface area contributed by atoms with Crippen molar-refractivity contribution < 1.29 is 23.9 Å². The van der Waals surface area contributed by atoms with Crippen LogP contribution < -0.4 is 16.4 Å². The van der Waals surface area contributed by atoms with Crippen molar-refractivity contribution in [2.45, 2.75) is 84.5 Å². The Kier molecular flexibility index (Phi) is 11.3. The van der Waals surface area contributed by atoms with Gasteiger partial charge in [0.05, 0.1) is 6.42 Å². The predicted molar refractivity (Wildman–Crippen MR) is 134 cm³/mol. The van der Waals surface area contributed by atoms with E-state index in [1.54, 1.807) is 58.9 Å². The molecule has 4 N–H and O–H groups in total. The molecule has 1 aromatic carbocycles. The summed E-state index contributed by atoms with van der Waals surface area (Å²) >= 11 is 0. The lowest BCUT2D eigenvalue weighted by atomic mass is 9.96. The maximum Gasteiger partial charge on any atom is 0.408 e. The Hall–Kier alpha value is -3.54. The van der Waals surface area contributed by atoms with Crippen molar-refractivity contribution in [3.63, 3.8) is 0 Å². The number of carbonyl (C=O) groups is 4. The molecule has 35 heavy (non-hydrogen) atoms. The highest BCUT2D eigenvalue weighted by molar-refractivity contribution is 5.94. The number of carbonyl (C=O) groups excluding carboxylic acids is 4. The summed E-state index contributed by atoms with van der Waals surface area (Å²) in [5.41, 5.74) is 5.48. The van der Waals surface area contributed by atoms with Gasteiger partial charge in [0.1, 0.15) is 17.7 Å². The number of nitrogens with one attached hydrogen (secondary N) is 2. The van der Waals surface area contributed by atoms with Crippen LogP contribution >= 0.6 is 0 Å². The average molecular weight is 487 g/mol. The van der Waals surface area contributed by atoms with Crippen molar-refractivity contribution in [1.82, 2.24) is 15.5 Å². The zero-order valence-electron chi connectivity index (χ0n) is 21.5. The van der Waals surface area contributed by atoms with E-state index in [1.807, 2.05) is 6.92 Å². The maximum absolute atomic E-state index is 13.8. The molecular formula is C26H38N4O5. The summed E-state index contributed by atoms with van der Waals surface area (Å²) in [7, 11) is 0. The van der Waals surface area contributed by atoms with Crippen molar-refractivity contribution >= 4 is 23.8 Å². The predicted octanol–water partition coefficient (Wildman–Crippen LogP) is 2.63. The third kappa shape index (κ3) is 9.69. The summed E-state index contributed by atoms with van der Waals surface area (Å²) in [6.45, 7) is 10.8. The zero-order valence-corrected chi connectivity index (χ0v) is 21.5. The van der Waals surface area contributed by atoms with Gasteiger partial charge in [0, 0.05) is 18.2 Å². The summed E-state index contributed by atoms with van der Waals surface area (Å²) in [5, 5.41) is 5.30. The number of nitrogens with zero attached hydrogens (tertiary/aromatic N) is 1. The summed E-state index contributed by atoms with van der Waals surface area (Å²) in [5.74, 6) is 0.714. The van der Waals surface area contributed by atoms with Crippen LogP contribution in [0.2, 0.25) is 0 Å². The van der Waals surface area contributed by atoms with Gasteiger partial charge >= 0.3 is 6.09 Å².